The molecule has 15 heavy (non-hydrogen) atoms. The van der Waals surface area contributed by atoms with Crippen LogP contribution in [-0.2, 0) is 0 Å². The van der Waals surface area contributed by atoms with Crippen LogP contribution in [0.5, 0.6) is 0 Å². The molecule has 0 heterocycles. The Morgan fingerprint density at radius 3 is 1.93 bits per heavy atom. The lowest BCUT2D eigenvalue weighted by molar-refractivity contribution is 0.109. The molecule has 0 radical (unpaired) electrons. The quantitative estimate of drug-likeness (QED) is 0.452. The van der Waals surface area contributed by atoms with Gasteiger partial charge < -0.3 is 5.11 Å². The molecule has 1 N–H and O–H groups in total. The molecule has 1 atom stereocenters. The molecule has 0 rings (SSSR count). The maximum atomic E-state index is 9.56. The highest BCUT2D eigenvalue weighted by molar-refractivity contribution is 5.03. The van der Waals surface area contributed by atoms with Gasteiger partial charge in [-0.2, -0.15) is 0 Å². The number of unbranched alkanes of at least 4 members (excludes halogenated alkanes) is 7. The minimum Gasteiger partial charge on any atom is -0.378 e. The third-order valence-corrected chi connectivity index (χ3v) is 2.83. The van der Waals surface area contributed by atoms with Crippen LogP contribution in [0, 0.1) is 12.3 Å². The zero-order chi connectivity index (χ0) is 11.6. The average molecular weight is 210 g/mol. The minimum absolute atomic E-state index is 0.735. The third-order valence-electron chi connectivity index (χ3n) is 2.83. The molecule has 1 nitrogen and oxygen atoms in total. The van der Waals surface area contributed by atoms with E-state index in [1.807, 2.05) is 0 Å². The standard InChI is InChI=1S/C14H26O/c1-4-6-7-8-9-10-11-12-13-14(3,15)5-2/h2,15H,4,6-13H2,1,3H3. The van der Waals surface area contributed by atoms with Gasteiger partial charge in [-0.05, 0) is 19.8 Å². The normalized spacial score (nSPS) is 14.5. The number of rotatable bonds is 9. The number of hydrogen-bond donors (Lipinski definition) is 1. The molecule has 0 aliphatic rings. The zero-order valence-corrected chi connectivity index (χ0v) is 10.4. The van der Waals surface area contributed by atoms with Gasteiger partial charge in [-0.25, -0.2) is 0 Å². The Hall–Kier alpha value is -0.480. The SMILES string of the molecule is C#CC(C)(O)CCCCCCCCCC. The molecule has 0 amide bonds. The van der Waals surface area contributed by atoms with Gasteiger partial charge in [0.15, 0.2) is 0 Å². The Labute approximate surface area is 95.3 Å². The molecule has 0 spiro atoms. The molecular weight excluding hydrogens is 184 g/mol. The van der Waals surface area contributed by atoms with Crippen LogP contribution in [0.4, 0.5) is 0 Å². The molecule has 1 heteroatoms. The maximum absolute atomic E-state index is 9.56. The summed E-state index contributed by atoms with van der Waals surface area (Å²) in [7, 11) is 0. The highest BCUT2D eigenvalue weighted by Gasteiger charge is 2.14. The van der Waals surface area contributed by atoms with E-state index in [-0.39, 0.29) is 0 Å². The lowest BCUT2D eigenvalue weighted by atomic mass is 9.98. The van der Waals surface area contributed by atoms with E-state index < -0.39 is 5.60 Å². The number of terminal acetylenes is 1. The van der Waals surface area contributed by atoms with Gasteiger partial charge in [0.05, 0.1) is 0 Å². The Morgan fingerprint density at radius 1 is 1.00 bits per heavy atom. The topological polar surface area (TPSA) is 20.2 Å². The molecule has 0 aliphatic heterocycles. The lowest BCUT2D eigenvalue weighted by Gasteiger charge is -2.15. The summed E-state index contributed by atoms with van der Waals surface area (Å²) in [5.41, 5.74) is -0.887. The first-order valence-corrected chi connectivity index (χ1v) is 6.32. The largest absolute Gasteiger partial charge is 0.378 e. The van der Waals surface area contributed by atoms with Crippen LogP contribution in [0.3, 0.4) is 0 Å². The Morgan fingerprint density at radius 2 is 1.47 bits per heavy atom. The second-order valence-corrected chi connectivity index (χ2v) is 4.64. The smallest absolute Gasteiger partial charge is 0.122 e. The minimum atomic E-state index is -0.887. The lowest BCUT2D eigenvalue weighted by Crippen LogP contribution is -2.20. The molecule has 88 valence electrons. The predicted octanol–water partition coefficient (Wildman–Crippen LogP) is 3.90. The summed E-state index contributed by atoms with van der Waals surface area (Å²) in [6, 6.07) is 0. The highest BCUT2D eigenvalue weighted by Crippen LogP contribution is 2.15. The van der Waals surface area contributed by atoms with E-state index >= 15 is 0 Å². The van der Waals surface area contributed by atoms with E-state index in [0.717, 1.165) is 12.8 Å². The van der Waals surface area contributed by atoms with Crippen molar-refractivity contribution in [1.82, 2.24) is 0 Å². The van der Waals surface area contributed by atoms with Gasteiger partial charge in [-0.15, -0.1) is 6.42 Å². The second kappa shape index (κ2) is 8.80. The van der Waals surface area contributed by atoms with Crippen molar-refractivity contribution >= 4 is 0 Å². The summed E-state index contributed by atoms with van der Waals surface area (Å²) in [6.45, 7) is 3.95. The van der Waals surface area contributed by atoms with Crippen LogP contribution in [0.2, 0.25) is 0 Å². The van der Waals surface area contributed by atoms with Crippen molar-refractivity contribution < 1.29 is 5.11 Å². The van der Waals surface area contributed by atoms with Crippen LogP contribution in [0.25, 0.3) is 0 Å². The van der Waals surface area contributed by atoms with E-state index in [4.69, 9.17) is 6.42 Å². The van der Waals surface area contributed by atoms with Gasteiger partial charge in [0.25, 0.3) is 0 Å². The van der Waals surface area contributed by atoms with E-state index in [1.165, 1.54) is 44.9 Å². The molecule has 0 aromatic rings. The maximum Gasteiger partial charge on any atom is 0.122 e. The summed E-state index contributed by atoms with van der Waals surface area (Å²) in [5, 5.41) is 9.56. The van der Waals surface area contributed by atoms with E-state index in [1.54, 1.807) is 6.92 Å². The Kier molecular flexibility index (Phi) is 8.52. The number of aliphatic hydroxyl groups is 1. The summed E-state index contributed by atoms with van der Waals surface area (Å²) in [5.74, 6) is 2.42. The monoisotopic (exact) mass is 210 g/mol. The predicted molar refractivity (Wildman–Crippen MR) is 66.7 cm³/mol. The van der Waals surface area contributed by atoms with Crippen LogP contribution in [0.1, 0.15) is 71.6 Å². The van der Waals surface area contributed by atoms with Gasteiger partial charge in [-0.3, -0.25) is 0 Å². The van der Waals surface area contributed by atoms with E-state index in [0.29, 0.717) is 0 Å². The van der Waals surface area contributed by atoms with Crippen molar-refractivity contribution in [3.63, 3.8) is 0 Å². The first kappa shape index (κ1) is 14.5. The molecule has 0 aliphatic carbocycles. The van der Waals surface area contributed by atoms with Crippen molar-refractivity contribution in [2.24, 2.45) is 0 Å². The number of hydrogen-bond acceptors (Lipinski definition) is 1. The molecule has 0 fully saturated rings. The summed E-state index contributed by atoms with van der Waals surface area (Å²) in [4.78, 5) is 0. The fourth-order valence-corrected chi connectivity index (χ4v) is 1.68. The Bertz CT molecular complexity index is 176. The van der Waals surface area contributed by atoms with Crippen molar-refractivity contribution in [3.8, 4) is 12.3 Å². The first-order chi connectivity index (χ1) is 7.12. The van der Waals surface area contributed by atoms with Crippen molar-refractivity contribution in [2.45, 2.75) is 77.2 Å². The van der Waals surface area contributed by atoms with Crippen molar-refractivity contribution in [1.29, 1.82) is 0 Å². The summed E-state index contributed by atoms with van der Waals surface area (Å²) < 4.78 is 0. The van der Waals surface area contributed by atoms with Crippen LogP contribution >= 0.6 is 0 Å². The fourth-order valence-electron chi connectivity index (χ4n) is 1.68. The van der Waals surface area contributed by atoms with Crippen LogP contribution < -0.4 is 0 Å². The van der Waals surface area contributed by atoms with Crippen molar-refractivity contribution in [3.05, 3.63) is 0 Å². The zero-order valence-electron chi connectivity index (χ0n) is 10.4. The van der Waals surface area contributed by atoms with Crippen LogP contribution in [-0.4, -0.2) is 10.7 Å². The molecule has 0 saturated carbocycles. The van der Waals surface area contributed by atoms with Gasteiger partial charge in [0, 0.05) is 0 Å². The van der Waals surface area contributed by atoms with Gasteiger partial charge >= 0.3 is 0 Å². The van der Waals surface area contributed by atoms with E-state index in [9.17, 15) is 5.11 Å². The third kappa shape index (κ3) is 9.82. The second-order valence-electron chi connectivity index (χ2n) is 4.64. The van der Waals surface area contributed by atoms with Crippen molar-refractivity contribution in [2.75, 3.05) is 0 Å². The Balaban J connectivity index is 3.16. The van der Waals surface area contributed by atoms with Crippen LogP contribution in [0.15, 0.2) is 0 Å². The van der Waals surface area contributed by atoms with Gasteiger partial charge in [-0.1, -0.05) is 57.8 Å². The molecule has 0 saturated heterocycles. The molecule has 0 aromatic carbocycles. The first-order valence-electron chi connectivity index (χ1n) is 6.32. The summed E-state index contributed by atoms with van der Waals surface area (Å²) >= 11 is 0. The highest BCUT2D eigenvalue weighted by atomic mass is 16.3. The average Bonchev–Trinajstić information content (AvgIpc) is 2.22. The van der Waals surface area contributed by atoms with E-state index in [2.05, 4.69) is 12.8 Å². The van der Waals surface area contributed by atoms with Gasteiger partial charge in [0.1, 0.15) is 5.60 Å². The summed E-state index contributed by atoms with van der Waals surface area (Å²) in [6.07, 6.45) is 16.2. The molecule has 0 aromatic heterocycles. The van der Waals surface area contributed by atoms with Gasteiger partial charge in [0.2, 0.25) is 0 Å². The molecule has 1 unspecified atom stereocenters. The fraction of sp³-hybridized carbons (Fsp3) is 0.857. The molecule has 0 bridgehead atoms. The molecular formula is C14H26O.